The van der Waals surface area contributed by atoms with Gasteiger partial charge in [-0.3, -0.25) is 0 Å². The largest absolute Gasteiger partial charge is 0.0616 e. The first-order valence-electron chi connectivity index (χ1n) is 12.9. The molecule has 0 bridgehead atoms. The van der Waals surface area contributed by atoms with Crippen LogP contribution in [0.25, 0.3) is 97.0 Å². The molecule has 0 fully saturated rings. The minimum Gasteiger partial charge on any atom is -0.0616 e. The number of aryl methyl sites for hydroxylation is 2. The Hall–Kier alpha value is -4.42. The molecule has 0 aromatic heterocycles. The van der Waals surface area contributed by atoms with Gasteiger partial charge >= 0.3 is 0 Å². The van der Waals surface area contributed by atoms with Gasteiger partial charge in [0.1, 0.15) is 0 Å². The van der Waals surface area contributed by atoms with Crippen LogP contribution in [0.15, 0.2) is 84.9 Å². The summed E-state index contributed by atoms with van der Waals surface area (Å²) in [4.78, 5) is 0. The van der Waals surface area contributed by atoms with E-state index in [0.29, 0.717) is 0 Å². The first-order chi connectivity index (χ1) is 17.7. The van der Waals surface area contributed by atoms with E-state index >= 15 is 0 Å². The Morgan fingerprint density at radius 3 is 1.11 bits per heavy atom. The summed E-state index contributed by atoms with van der Waals surface area (Å²) < 4.78 is 0. The van der Waals surface area contributed by atoms with Crippen LogP contribution in [0.1, 0.15) is 11.1 Å². The third-order valence-corrected chi connectivity index (χ3v) is 9.22. The maximum atomic E-state index is 2.48. The maximum Gasteiger partial charge on any atom is -0.000742 e. The van der Waals surface area contributed by atoms with E-state index in [1.54, 1.807) is 0 Å². The zero-order valence-corrected chi connectivity index (χ0v) is 20.1. The summed E-state index contributed by atoms with van der Waals surface area (Å²) in [7, 11) is 0. The van der Waals surface area contributed by atoms with Crippen LogP contribution < -0.4 is 0 Å². The van der Waals surface area contributed by atoms with E-state index in [1.807, 2.05) is 0 Å². The van der Waals surface area contributed by atoms with Crippen molar-refractivity contribution in [2.24, 2.45) is 0 Å². The van der Waals surface area contributed by atoms with Gasteiger partial charge in [0, 0.05) is 0 Å². The maximum absolute atomic E-state index is 2.48. The molecule has 0 aliphatic heterocycles. The first kappa shape index (κ1) is 17.9. The van der Waals surface area contributed by atoms with E-state index in [1.165, 1.54) is 108 Å². The fourth-order valence-electron chi connectivity index (χ4n) is 7.98. The second kappa shape index (κ2) is 5.53. The van der Waals surface area contributed by atoms with Crippen LogP contribution in [0.2, 0.25) is 0 Å². The zero-order chi connectivity index (χ0) is 23.4. The second-order valence-corrected chi connectivity index (χ2v) is 10.9. The summed E-state index contributed by atoms with van der Waals surface area (Å²) in [6, 6.07) is 32.6. The van der Waals surface area contributed by atoms with Crippen molar-refractivity contribution in [3.63, 3.8) is 0 Å². The van der Waals surface area contributed by atoms with Crippen LogP contribution >= 0.6 is 0 Å². The van der Waals surface area contributed by atoms with Gasteiger partial charge in [-0.05, 0) is 134 Å². The van der Waals surface area contributed by atoms with E-state index < -0.39 is 0 Å². The summed E-state index contributed by atoms with van der Waals surface area (Å²) in [5, 5.41) is 25.4. The summed E-state index contributed by atoms with van der Waals surface area (Å²) in [5.74, 6) is 0. The number of rotatable bonds is 0. The Bertz CT molecular complexity index is 2350. The Balaban J connectivity index is 1.66. The Labute approximate surface area is 206 Å². The van der Waals surface area contributed by atoms with Gasteiger partial charge in [0.2, 0.25) is 0 Å². The molecular weight excluding hydrogens is 432 g/mol. The SMILES string of the molecule is Cc1cc2c3cc(C)c4c5ccccc5c5cc6ccc7cc8c9ccccc9c1c8c2c7c6c3c54. The van der Waals surface area contributed by atoms with Crippen molar-refractivity contribution in [3.8, 4) is 0 Å². The number of hydrogen-bond donors (Lipinski definition) is 0. The van der Waals surface area contributed by atoms with Crippen molar-refractivity contribution >= 4 is 97.0 Å². The molecule has 0 spiro atoms. The summed E-state index contributed by atoms with van der Waals surface area (Å²) in [6.45, 7) is 4.61. The van der Waals surface area contributed by atoms with Crippen molar-refractivity contribution in [3.05, 3.63) is 96.1 Å². The van der Waals surface area contributed by atoms with Crippen molar-refractivity contribution < 1.29 is 0 Å². The Morgan fingerprint density at radius 2 is 0.667 bits per heavy atom. The topological polar surface area (TPSA) is 0 Å². The van der Waals surface area contributed by atoms with Crippen LogP contribution in [0.4, 0.5) is 0 Å². The number of fused-ring (bicyclic) bond motifs is 7. The zero-order valence-electron chi connectivity index (χ0n) is 20.1. The fourth-order valence-corrected chi connectivity index (χ4v) is 7.98. The van der Waals surface area contributed by atoms with Gasteiger partial charge in [0.25, 0.3) is 0 Å². The van der Waals surface area contributed by atoms with E-state index in [0.717, 1.165) is 0 Å². The highest BCUT2D eigenvalue weighted by Gasteiger charge is 2.25. The van der Waals surface area contributed by atoms with Crippen LogP contribution in [-0.4, -0.2) is 0 Å². The third kappa shape index (κ3) is 1.72. The molecule has 0 nitrogen and oxygen atoms in total. The average Bonchev–Trinajstić information content (AvgIpc) is 3.42. The molecule has 0 amide bonds. The minimum absolute atomic E-state index is 1.36. The van der Waals surface area contributed by atoms with E-state index in [9.17, 15) is 0 Å². The van der Waals surface area contributed by atoms with E-state index in [-0.39, 0.29) is 0 Å². The smallest absolute Gasteiger partial charge is 0.000742 e. The second-order valence-electron chi connectivity index (χ2n) is 10.9. The molecule has 0 N–H and O–H groups in total. The van der Waals surface area contributed by atoms with Crippen LogP contribution in [0.3, 0.4) is 0 Å². The van der Waals surface area contributed by atoms with Gasteiger partial charge in [-0.25, -0.2) is 0 Å². The molecule has 10 rings (SSSR count). The predicted molar refractivity (Wildman–Crippen MR) is 158 cm³/mol. The molecule has 0 saturated heterocycles. The molecule has 0 atom stereocenters. The average molecular weight is 453 g/mol. The van der Waals surface area contributed by atoms with Crippen LogP contribution in [-0.2, 0) is 0 Å². The third-order valence-electron chi connectivity index (χ3n) is 9.22. The lowest BCUT2D eigenvalue weighted by atomic mass is 9.82. The molecule has 10 aromatic rings. The monoisotopic (exact) mass is 452 g/mol. The molecule has 164 valence electrons. The molecule has 0 aliphatic carbocycles. The minimum atomic E-state index is 1.36. The van der Waals surface area contributed by atoms with Gasteiger partial charge in [0.15, 0.2) is 0 Å². The molecule has 10 aromatic carbocycles. The lowest BCUT2D eigenvalue weighted by Crippen LogP contribution is -1.92. The molecule has 0 heteroatoms. The molecule has 0 radical (unpaired) electrons. The molecule has 0 unspecified atom stereocenters. The lowest BCUT2D eigenvalue weighted by molar-refractivity contribution is 1.57. The highest BCUT2D eigenvalue weighted by Crippen LogP contribution is 2.54. The van der Waals surface area contributed by atoms with Gasteiger partial charge in [0.05, 0.1) is 0 Å². The molecule has 0 heterocycles. The Kier molecular flexibility index (Phi) is 2.75. The normalized spacial score (nSPS) is 13.3. The number of hydrogen-bond acceptors (Lipinski definition) is 0. The Morgan fingerprint density at radius 1 is 0.306 bits per heavy atom. The van der Waals surface area contributed by atoms with E-state index in [4.69, 9.17) is 0 Å². The standard InChI is InChI=1S/C36H20/c1-17-13-25-26-14-18(2)30-24-10-6-4-8-22(24)28-16-20-12-11-19-15-27-21-7-3-5-9-23(21)29(17)33(27)35(25)31(19)32(20)36(26)34(28)30/h3-16H,1-2H3. The summed E-state index contributed by atoms with van der Waals surface area (Å²) >= 11 is 0. The van der Waals surface area contributed by atoms with Gasteiger partial charge in [-0.15, -0.1) is 0 Å². The lowest BCUT2D eigenvalue weighted by Gasteiger charge is -2.20. The molecule has 0 saturated carbocycles. The van der Waals surface area contributed by atoms with Crippen molar-refractivity contribution in [2.45, 2.75) is 13.8 Å². The van der Waals surface area contributed by atoms with Crippen LogP contribution in [0.5, 0.6) is 0 Å². The first-order valence-corrected chi connectivity index (χ1v) is 12.9. The van der Waals surface area contributed by atoms with Gasteiger partial charge in [-0.1, -0.05) is 72.8 Å². The molecular formula is C36H20. The molecule has 0 aliphatic rings. The van der Waals surface area contributed by atoms with Crippen LogP contribution in [0, 0.1) is 13.8 Å². The van der Waals surface area contributed by atoms with Crippen molar-refractivity contribution in [2.75, 3.05) is 0 Å². The highest BCUT2D eigenvalue weighted by molar-refractivity contribution is 6.50. The van der Waals surface area contributed by atoms with Crippen molar-refractivity contribution in [1.29, 1.82) is 0 Å². The van der Waals surface area contributed by atoms with Gasteiger partial charge in [-0.2, -0.15) is 0 Å². The fraction of sp³-hybridized carbons (Fsp3) is 0.0556. The van der Waals surface area contributed by atoms with Crippen molar-refractivity contribution in [1.82, 2.24) is 0 Å². The highest BCUT2D eigenvalue weighted by atomic mass is 14.3. The summed E-state index contributed by atoms with van der Waals surface area (Å²) in [6.07, 6.45) is 0. The van der Waals surface area contributed by atoms with E-state index in [2.05, 4.69) is 98.8 Å². The quantitative estimate of drug-likeness (QED) is 0.159. The predicted octanol–water partition coefficient (Wildman–Crippen LogP) is 10.4. The summed E-state index contributed by atoms with van der Waals surface area (Å²) in [5.41, 5.74) is 2.76. The molecule has 36 heavy (non-hydrogen) atoms. The van der Waals surface area contributed by atoms with Gasteiger partial charge < -0.3 is 0 Å². The number of benzene rings is 8.